The molecule has 0 saturated carbocycles. The number of carbonyl (C=O) groups is 1. The number of ketones is 1. The third-order valence-corrected chi connectivity index (χ3v) is 2.65. The average molecular weight is 237 g/mol. The number of hydrogen-bond donors (Lipinski definition) is 0. The van der Waals surface area contributed by atoms with Crippen LogP contribution in [0.25, 0.3) is 11.1 Å². The van der Waals surface area contributed by atoms with E-state index in [4.69, 9.17) is 0 Å². The van der Waals surface area contributed by atoms with Crippen LogP contribution >= 0.6 is 0 Å². The minimum atomic E-state index is 0.0425. The highest BCUT2D eigenvalue weighted by Gasteiger charge is 2.01. The van der Waals surface area contributed by atoms with Gasteiger partial charge in [0.25, 0.3) is 0 Å². The summed E-state index contributed by atoms with van der Waals surface area (Å²) in [5, 5.41) is 0. The maximum absolute atomic E-state index is 11.2. The molecule has 0 aliphatic carbocycles. The molecule has 3 nitrogen and oxygen atoms in total. The van der Waals surface area contributed by atoms with Crippen LogP contribution in [-0.4, -0.2) is 11.9 Å². The lowest BCUT2D eigenvalue weighted by molar-refractivity contribution is 0.101. The van der Waals surface area contributed by atoms with E-state index in [0.29, 0.717) is 11.3 Å². The van der Waals surface area contributed by atoms with Crippen LogP contribution in [0, 0.1) is 0 Å². The molecular formula is C15H11NO2. The van der Waals surface area contributed by atoms with E-state index in [1.807, 2.05) is 24.3 Å². The van der Waals surface area contributed by atoms with Crippen molar-refractivity contribution in [1.82, 2.24) is 0 Å². The Balaban J connectivity index is 2.39. The summed E-state index contributed by atoms with van der Waals surface area (Å²) in [5.74, 6) is 0.0425. The summed E-state index contributed by atoms with van der Waals surface area (Å²) in [6.07, 6.45) is 1.52. The van der Waals surface area contributed by atoms with E-state index in [1.54, 1.807) is 24.3 Å². The molecule has 0 radical (unpaired) electrons. The molecule has 2 aromatic carbocycles. The molecule has 0 N–H and O–H groups in total. The van der Waals surface area contributed by atoms with E-state index in [9.17, 15) is 9.59 Å². The molecule has 0 bridgehead atoms. The average Bonchev–Trinajstić information content (AvgIpc) is 2.39. The summed E-state index contributed by atoms with van der Waals surface area (Å²) in [5.41, 5.74) is 3.17. The van der Waals surface area contributed by atoms with Crippen molar-refractivity contribution in [2.24, 2.45) is 4.99 Å². The molecule has 0 unspecified atom stereocenters. The quantitative estimate of drug-likeness (QED) is 0.465. The number of carbonyl (C=O) groups excluding carboxylic acids is 2. The highest BCUT2D eigenvalue weighted by atomic mass is 16.1. The number of aliphatic imine (C=N–C) groups is 1. The van der Waals surface area contributed by atoms with Crippen LogP contribution in [0.3, 0.4) is 0 Å². The van der Waals surface area contributed by atoms with Gasteiger partial charge in [0.2, 0.25) is 6.08 Å². The first-order valence-corrected chi connectivity index (χ1v) is 5.50. The summed E-state index contributed by atoms with van der Waals surface area (Å²) in [6.45, 7) is 1.54. The van der Waals surface area contributed by atoms with Crippen molar-refractivity contribution in [3.63, 3.8) is 0 Å². The standard InChI is InChI=1S/C15H11NO2/c1-11(18)12-5-7-13(8-6-12)14-3-2-4-15(9-14)16-10-17/h2-9H,1H3. The largest absolute Gasteiger partial charge is 0.295 e. The minimum absolute atomic E-state index is 0.0425. The van der Waals surface area contributed by atoms with Gasteiger partial charge in [-0.3, -0.25) is 4.79 Å². The monoisotopic (exact) mass is 237 g/mol. The van der Waals surface area contributed by atoms with Crippen LogP contribution in [0.2, 0.25) is 0 Å². The third kappa shape index (κ3) is 2.59. The van der Waals surface area contributed by atoms with Gasteiger partial charge in [0.15, 0.2) is 5.78 Å². The van der Waals surface area contributed by atoms with Crippen molar-refractivity contribution in [2.45, 2.75) is 6.92 Å². The Morgan fingerprint density at radius 1 is 1.06 bits per heavy atom. The molecule has 2 aromatic rings. The van der Waals surface area contributed by atoms with Crippen LogP contribution in [0.1, 0.15) is 17.3 Å². The zero-order valence-corrected chi connectivity index (χ0v) is 9.88. The van der Waals surface area contributed by atoms with Crippen LogP contribution in [0.4, 0.5) is 5.69 Å². The zero-order chi connectivity index (χ0) is 13.0. The van der Waals surface area contributed by atoms with E-state index in [0.717, 1.165) is 11.1 Å². The number of nitrogens with zero attached hydrogens (tertiary/aromatic N) is 1. The summed E-state index contributed by atoms with van der Waals surface area (Å²) < 4.78 is 0. The fourth-order valence-electron chi connectivity index (χ4n) is 1.71. The highest BCUT2D eigenvalue weighted by Crippen LogP contribution is 2.24. The van der Waals surface area contributed by atoms with Gasteiger partial charge in [0.05, 0.1) is 5.69 Å². The Kier molecular flexibility index (Phi) is 3.46. The SMILES string of the molecule is CC(=O)c1ccc(-c2cccc(N=C=O)c2)cc1. The molecule has 18 heavy (non-hydrogen) atoms. The first-order chi connectivity index (χ1) is 8.70. The Labute approximate surface area is 105 Å². The second kappa shape index (κ2) is 5.21. The highest BCUT2D eigenvalue weighted by molar-refractivity contribution is 5.94. The second-order valence-electron chi connectivity index (χ2n) is 3.89. The number of hydrogen-bond acceptors (Lipinski definition) is 3. The first-order valence-electron chi connectivity index (χ1n) is 5.50. The fraction of sp³-hybridized carbons (Fsp3) is 0.0667. The van der Waals surface area contributed by atoms with Gasteiger partial charge in [0, 0.05) is 5.56 Å². The van der Waals surface area contributed by atoms with Crippen LogP contribution in [0.15, 0.2) is 53.5 Å². The molecule has 0 spiro atoms. The number of Topliss-reactive ketones (excluding diaryl/α,β-unsaturated/α-hetero) is 1. The van der Waals surface area contributed by atoms with Gasteiger partial charge in [-0.1, -0.05) is 36.4 Å². The normalized spacial score (nSPS) is 9.61. The first kappa shape index (κ1) is 12.0. The van der Waals surface area contributed by atoms with Crippen LogP contribution < -0.4 is 0 Å². The summed E-state index contributed by atoms with van der Waals surface area (Å²) in [6, 6.07) is 14.6. The van der Waals surface area contributed by atoms with Crippen molar-refractivity contribution >= 4 is 17.6 Å². The van der Waals surface area contributed by atoms with Gasteiger partial charge < -0.3 is 0 Å². The number of isocyanates is 1. The summed E-state index contributed by atoms with van der Waals surface area (Å²) >= 11 is 0. The van der Waals surface area contributed by atoms with Gasteiger partial charge in [-0.25, -0.2) is 4.79 Å². The lowest BCUT2D eigenvalue weighted by atomic mass is 10.0. The number of rotatable bonds is 3. The van der Waals surface area contributed by atoms with E-state index in [1.165, 1.54) is 13.0 Å². The maximum Gasteiger partial charge on any atom is 0.240 e. The smallest absolute Gasteiger partial charge is 0.240 e. The predicted octanol–water partition coefficient (Wildman–Crippen LogP) is 3.52. The molecule has 0 atom stereocenters. The third-order valence-electron chi connectivity index (χ3n) is 2.65. The van der Waals surface area contributed by atoms with E-state index in [2.05, 4.69) is 4.99 Å². The van der Waals surface area contributed by atoms with Crippen LogP contribution in [0.5, 0.6) is 0 Å². The molecule has 88 valence electrons. The van der Waals surface area contributed by atoms with Crippen molar-refractivity contribution in [3.05, 3.63) is 54.1 Å². The number of benzene rings is 2. The van der Waals surface area contributed by atoms with Gasteiger partial charge in [-0.15, -0.1) is 0 Å². The molecule has 0 aromatic heterocycles. The molecule has 3 heteroatoms. The molecule has 0 amide bonds. The Morgan fingerprint density at radius 3 is 2.39 bits per heavy atom. The van der Waals surface area contributed by atoms with Crippen molar-refractivity contribution in [3.8, 4) is 11.1 Å². The van der Waals surface area contributed by atoms with Gasteiger partial charge in [-0.2, -0.15) is 4.99 Å². The van der Waals surface area contributed by atoms with E-state index >= 15 is 0 Å². The Morgan fingerprint density at radius 2 is 1.78 bits per heavy atom. The molecule has 2 rings (SSSR count). The zero-order valence-electron chi connectivity index (χ0n) is 9.88. The Hall–Kier alpha value is -2.51. The van der Waals surface area contributed by atoms with Crippen molar-refractivity contribution in [1.29, 1.82) is 0 Å². The molecule has 0 fully saturated rings. The van der Waals surface area contributed by atoms with E-state index < -0.39 is 0 Å². The molecule has 0 aliphatic rings. The second-order valence-corrected chi connectivity index (χ2v) is 3.89. The molecule has 0 saturated heterocycles. The summed E-state index contributed by atoms with van der Waals surface area (Å²) in [7, 11) is 0. The lowest BCUT2D eigenvalue weighted by Crippen LogP contribution is -1.90. The predicted molar refractivity (Wildman–Crippen MR) is 69.7 cm³/mol. The topological polar surface area (TPSA) is 46.5 Å². The molecule has 0 aliphatic heterocycles. The van der Waals surface area contributed by atoms with Gasteiger partial charge in [-0.05, 0) is 30.2 Å². The minimum Gasteiger partial charge on any atom is -0.295 e. The van der Waals surface area contributed by atoms with Crippen molar-refractivity contribution in [2.75, 3.05) is 0 Å². The molecular weight excluding hydrogens is 226 g/mol. The maximum atomic E-state index is 11.2. The van der Waals surface area contributed by atoms with E-state index in [-0.39, 0.29) is 5.78 Å². The molecule has 0 heterocycles. The van der Waals surface area contributed by atoms with Crippen LogP contribution in [-0.2, 0) is 4.79 Å². The van der Waals surface area contributed by atoms with Crippen molar-refractivity contribution < 1.29 is 9.59 Å². The summed E-state index contributed by atoms with van der Waals surface area (Å²) in [4.78, 5) is 25.0. The van der Waals surface area contributed by atoms with Gasteiger partial charge >= 0.3 is 0 Å². The lowest BCUT2D eigenvalue weighted by Gasteiger charge is -2.03. The Bertz CT molecular complexity index is 623. The fourth-order valence-corrected chi connectivity index (χ4v) is 1.71. The van der Waals surface area contributed by atoms with Gasteiger partial charge in [0.1, 0.15) is 0 Å².